The fourth-order valence-electron chi connectivity index (χ4n) is 3.65. The Balaban J connectivity index is 2.05. The molecule has 126 valence electrons. The van der Waals surface area contributed by atoms with Gasteiger partial charge in [0.25, 0.3) is 0 Å². The zero-order valence-electron chi connectivity index (χ0n) is 14.0. The molecule has 3 rings (SSSR count). The number of likely N-dealkylation sites (tertiary alicyclic amines) is 1. The van der Waals surface area contributed by atoms with E-state index in [9.17, 15) is 9.90 Å². The molecule has 1 aliphatic rings. The van der Waals surface area contributed by atoms with E-state index in [1.54, 1.807) is 0 Å². The Morgan fingerprint density at radius 1 is 1.04 bits per heavy atom. The molecule has 0 radical (unpaired) electrons. The Morgan fingerprint density at radius 3 is 2.12 bits per heavy atom. The van der Waals surface area contributed by atoms with Crippen molar-refractivity contribution < 1.29 is 9.90 Å². The molecule has 4 heteroatoms. The molecule has 2 aromatic rings. The van der Waals surface area contributed by atoms with E-state index in [2.05, 4.69) is 17.3 Å². The van der Waals surface area contributed by atoms with Crippen LogP contribution in [0.4, 0.5) is 5.69 Å². The highest BCUT2D eigenvalue weighted by Crippen LogP contribution is 2.39. The Labute approximate surface area is 143 Å². The van der Waals surface area contributed by atoms with Crippen molar-refractivity contribution >= 4 is 11.7 Å². The van der Waals surface area contributed by atoms with Gasteiger partial charge in [-0.3, -0.25) is 0 Å². The molecule has 0 amide bonds. The summed E-state index contributed by atoms with van der Waals surface area (Å²) in [6.07, 6.45) is 1.72. The van der Waals surface area contributed by atoms with Crippen molar-refractivity contribution in [3.05, 3.63) is 66.2 Å². The third-order valence-electron chi connectivity index (χ3n) is 5.01. The molecule has 24 heavy (non-hydrogen) atoms. The molecule has 0 spiro atoms. The van der Waals surface area contributed by atoms with Crippen LogP contribution in [0.3, 0.4) is 0 Å². The van der Waals surface area contributed by atoms with Gasteiger partial charge < -0.3 is 15.3 Å². The van der Waals surface area contributed by atoms with Crippen LogP contribution in [0.15, 0.2) is 60.7 Å². The van der Waals surface area contributed by atoms with Gasteiger partial charge in [-0.25, -0.2) is 4.79 Å². The van der Waals surface area contributed by atoms with Crippen molar-refractivity contribution in [2.45, 2.75) is 18.4 Å². The summed E-state index contributed by atoms with van der Waals surface area (Å²) < 4.78 is 0. The van der Waals surface area contributed by atoms with Crippen molar-refractivity contribution in [1.82, 2.24) is 4.90 Å². The van der Waals surface area contributed by atoms with Gasteiger partial charge in [-0.15, -0.1) is 0 Å². The summed E-state index contributed by atoms with van der Waals surface area (Å²) in [6.45, 7) is 1.84. The Morgan fingerprint density at radius 2 is 1.58 bits per heavy atom. The van der Waals surface area contributed by atoms with E-state index in [0.717, 1.165) is 37.2 Å². The highest BCUT2D eigenvalue weighted by atomic mass is 16.4. The zero-order valence-corrected chi connectivity index (χ0v) is 14.0. The maximum absolute atomic E-state index is 12.5. The van der Waals surface area contributed by atoms with Crippen molar-refractivity contribution in [2.24, 2.45) is 5.92 Å². The van der Waals surface area contributed by atoms with Gasteiger partial charge in [-0.05, 0) is 56.6 Å². The molecule has 0 aliphatic carbocycles. The third-order valence-corrected chi connectivity index (χ3v) is 5.01. The van der Waals surface area contributed by atoms with Crippen LogP contribution in [0.2, 0.25) is 0 Å². The van der Waals surface area contributed by atoms with Gasteiger partial charge in [0.2, 0.25) is 0 Å². The molecule has 0 aromatic heterocycles. The normalized spacial score (nSPS) is 18.7. The lowest BCUT2D eigenvalue weighted by atomic mass is 9.73. The predicted octanol–water partition coefficient (Wildman–Crippen LogP) is 3.42. The van der Waals surface area contributed by atoms with Crippen LogP contribution < -0.4 is 5.32 Å². The zero-order chi connectivity index (χ0) is 17.0. The van der Waals surface area contributed by atoms with Crippen LogP contribution in [-0.4, -0.2) is 36.1 Å². The van der Waals surface area contributed by atoms with Gasteiger partial charge in [0, 0.05) is 5.69 Å². The van der Waals surface area contributed by atoms with Crippen LogP contribution >= 0.6 is 0 Å². The summed E-state index contributed by atoms with van der Waals surface area (Å²) in [6, 6.07) is 19.2. The number of hydrogen-bond acceptors (Lipinski definition) is 3. The number of carboxylic acids is 1. The van der Waals surface area contributed by atoms with Crippen molar-refractivity contribution in [1.29, 1.82) is 0 Å². The Kier molecular flexibility index (Phi) is 4.86. The lowest BCUT2D eigenvalue weighted by molar-refractivity contribution is -0.145. The topological polar surface area (TPSA) is 52.6 Å². The number of piperidine rings is 1. The minimum atomic E-state index is -1.11. The molecule has 1 heterocycles. The summed E-state index contributed by atoms with van der Waals surface area (Å²) in [4.78, 5) is 14.8. The van der Waals surface area contributed by atoms with Crippen molar-refractivity contribution in [3.8, 4) is 0 Å². The highest BCUT2D eigenvalue weighted by molar-refractivity contribution is 5.85. The van der Waals surface area contributed by atoms with Gasteiger partial charge in [-0.1, -0.05) is 48.5 Å². The van der Waals surface area contributed by atoms with E-state index in [4.69, 9.17) is 0 Å². The summed E-state index contributed by atoms with van der Waals surface area (Å²) in [7, 11) is 2.09. The van der Waals surface area contributed by atoms with Gasteiger partial charge in [0.15, 0.2) is 5.54 Å². The average Bonchev–Trinajstić information content (AvgIpc) is 2.62. The molecule has 2 aromatic carbocycles. The molecule has 1 fully saturated rings. The maximum Gasteiger partial charge on any atom is 0.334 e. The monoisotopic (exact) mass is 324 g/mol. The summed E-state index contributed by atoms with van der Waals surface area (Å²) >= 11 is 0. The van der Waals surface area contributed by atoms with Crippen LogP contribution in [-0.2, 0) is 10.3 Å². The second-order valence-electron chi connectivity index (χ2n) is 6.55. The summed E-state index contributed by atoms with van der Waals surface area (Å²) in [5, 5.41) is 13.7. The number of nitrogens with zero attached hydrogens (tertiary/aromatic N) is 1. The van der Waals surface area contributed by atoms with E-state index in [1.165, 1.54) is 0 Å². The van der Waals surface area contributed by atoms with Gasteiger partial charge in [-0.2, -0.15) is 0 Å². The minimum Gasteiger partial charge on any atom is -0.479 e. The first-order chi connectivity index (χ1) is 11.6. The van der Waals surface area contributed by atoms with E-state index >= 15 is 0 Å². The lowest BCUT2D eigenvalue weighted by Crippen LogP contribution is -2.52. The molecule has 0 bridgehead atoms. The first-order valence-corrected chi connectivity index (χ1v) is 8.43. The van der Waals surface area contributed by atoms with Gasteiger partial charge in [0.05, 0.1) is 0 Å². The highest BCUT2D eigenvalue weighted by Gasteiger charge is 2.48. The van der Waals surface area contributed by atoms with Crippen LogP contribution in [0.1, 0.15) is 18.4 Å². The first-order valence-electron chi connectivity index (χ1n) is 8.43. The first kappa shape index (κ1) is 16.5. The number of aliphatic carboxylic acids is 1. The van der Waals surface area contributed by atoms with Crippen LogP contribution in [0.5, 0.6) is 0 Å². The largest absolute Gasteiger partial charge is 0.479 e. The fraction of sp³-hybridized carbons (Fsp3) is 0.350. The van der Waals surface area contributed by atoms with Crippen LogP contribution in [0.25, 0.3) is 0 Å². The SMILES string of the molecule is CN1CCC([C@](Nc2ccccc2)(C(=O)O)c2ccccc2)CC1. The number of benzene rings is 2. The van der Waals surface area contributed by atoms with E-state index in [-0.39, 0.29) is 5.92 Å². The molecule has 1 saturated heterocycles. The number of nitrogens with one attached hydrogen (secondary N) is 1. The number of carbonyl (C=O) groups is 1. The number of rotatable bonds is 5. The molecular formula is C20H24N2O2. The molecular weight excluding hydrogens is 300 g/mol. The standard InChI is InChI=1S/C20H24N2O2/c1-22-14-12-17(13-15-22)20(19(23)24,16-8-4-2-5-9-16)21-18-10-6-3-7-11-18/h2-11,17,21H,12-15H2,1H3,(H,23,24)/t20-/m0/s1. The average molecular weight is 324 g/mol. The maximum atomic E-state index is 12.5. The Hall–Kier alpha value is -2.33. The number of anilines is 1. The third kappa shape index (κ3) is 3.15. The summed E-state index contributed by atoms with van der Waals surface area (Å²) in [5.74, 6) is -0.777. The van der Waals surface area contributed by atoms with E-state index in [0.29, 0.717) is 0 Å². The molecule has 1 aliphatic heterocycles. The molecule has 4 nitrogen and oxygen atoms in total. The lowest BCUT2D eigenvalue weighted by Gasteiger charge is -2.42. The second kappa shape index (κ2) is 7.05. The van der Waals surface area contributed by atoms with Gasteiger partial charge in [0.1, 0.15) is 0 Å². The predicted molar refractivity (Wildman–Crippen MR) is 96.0 cm³/mol. The van der Waals surface area contributed by atoms with Gasteiger partial charge >= 0.3 is 5.97 Å². The molecule has 0 unspecified atom stereocenters. The number of hydrogen-bond donors (Lipinski definition) is 2. The Bertz CT molecular complexity index is 667. The number of para-hydroxylation sites is 1. The quantitative estimate of drug-likeness (QED) is 0.885. The minimum absolute atomic E-state index is 0.0359. The molecule has 0 saturated carbocycles. The number of carboxylic acid groups (broad SMARTS) is 1. The summed E-state index contributed by atoms with van der Waals surface area (Å²) in [5.41, 5.74) is 0.544. The van der Waals surface area contributed by atoms with Crippen molar-refractivity contribution in [2.75, 3.05) is 25.5 Å². The fourth-order valence-corrected chi connectivity index (χ4v) is 3.65. The van der Waals surface area contributed by atoms with E-state index < -0.39 is 11.5 Å². The van der Waals surface area contributed by atoms with Crippen LogP contribution in [0, 0.1) is 5.92 Å². The van der Waals surface area contributed by atoms with Crippen molar-refractivity contribution in [3.63, 3.8) is 0 Å². The second-order valence-corrected chi connectivity index (χ2v) is 6.55. The smallest absolute Gasteiger partial charge is 0.334 e. The molecule has 1 atom stereocenters. The van der Waals surface area contributed by atoms with E-state index in [1.807, 2.05) is 60.7 Å². The molecule has 2 N–H and O–H groups in total.